The van der Waals surface area contributed by atoms with Crippen molar-refractivity contribution in [2.75, 3.05) is 0 Å². The van der Waals surface area contributed by atoms with Crippen LogP contribution in [0.25, 0.3) is 0 Å². The molecule has 316 valence electrons. The van der Waals surface area contributed by atoms with E-state index in [-0.39, 0.29) is 5.41 Å². The highest BCUT2D eigenvalue weighted by molar-refractivity contribution is 5.33. The minimum atomic E-state index is -0.944. The van der Waals surface area contributed by atoms with E-state index in [0.717, 1.165) is 64.2 Å². The van der Waals surface area contributed by atoms with Crippen LogP contribution in [0.5, 0.6) is 0 Å². The molecule has 0 atom stereocenters. The van der Waals surface area contributed by atoms with Gasteiger partial charge in [0.15, 0.2) is 0 Å². The van der Waals surface area contributed by atoms with Gasteiger partial charge >= 0.3 is 0 Å². The first-order valence-electron chi connectivity index (χ1n) is 21.9. The molecule has 0 aliphatic rings. The van der Waals surface area contributed by atoms with Gasteiger partial charge in [-0.15, -0.1) is 0 Å². The third kappa shape index (κ3) is 23.4. The van der Waals surface area contributed by atoms with Crippen LogP contribution in [-0.4, -0.2) is 10.7 Å². The number of aliphatic hydroxyl groups is 1. The van der Waals surface area contributed by atoms with Crippen molar-refractivity contribution in [3.05, 3.63) is 128 Å². The highest BCUT2D eigenvalue weighted by Crippen LogP contribution is 2.42. The Hall–Kier alpha value is -2.90. The molecule has 56 heavy (non-hydrogen) atoms. The minimum Gasteiger partial charge on any atom is -0.385 e. The molecule has 1 N–H and O–H groups in total. The molecule has 0 bridgehead atoms. The van der Waals surface area contributed by atoms with Gasteiger partial charge in [-0.3, -0.25) is 0 Å². The van der Waals surface area contributed by atoms with Crippen LogP contribution in [0.4, 0.5) is 0 Å². The molecular weight excluding hydrogens is 677 g/mol. The Morgan fingerprint density at radius 1 is 0.411 bits per heavy atom. The van der Waals surface area contributed by atoms with E-state index >= 15 is 0 Å². The predicted octanol–water partition coefficient (Wildman–Crippen LogP) is 17.9. The summed E-state index contributed by atoms with van der Waals surface area (Å²) in [5.41, 5.74) is 15.5. The fourth-order valence-corrected chi connectivity index (χ4v) is 6.98. The number of hydrogen-bond donors (Lipinski definition) is 1. The van der Waals surface area contributed by atoms with Crippen molar-refractivity contribution in [3.8, 4) is 0 Å². The monoisotopic (exact) mass is 767 g/mol. The third-order valence-corrected chi connectivity index (χ3v) is 10.9. The quantitative estimate of drug-likeness (QED) is 0.0918. The summed E-state index contributed by atoms with van der Waals surface area (Å²) in [5.74, 6) is 0.333. The molecule has 1 nitrogen and oxygen atoms in total. The Labute approximate surface area is 350 Å². The Morgan fingerprint density at radius 3 is 1.14 bits per heavy atom. The lowest BCUT2D eigenvalue weighted by Gasteiger charge is -2.35. The lowest BCUT2D eigenvalue weighted by atomic mass is 9.71. The molecule has 0 unspecified atom stereocenters. The van der Waals surface area contributed by atoms with E-state index in [0.29, 0.717) is 18.8 Å². The van der Waals surface area contributed by atoms with Crippen LogP contribution in [0.3, 0.4) is 0 Å². The van der Waals surface area contributed by atoms with E-state index in [2.05, 4.69) is 185 Å². The van der Waals surface area contributed by atoms with Crippen molar-refractivity contribution < 1.29 is 5.11 Å². The second kappa shape index (κ2) is 27.7. The zero-order valence-electron chi connectivity index (χ0n) is 40.3. The zero-order chi connectivity index (χ0) is 43.1. The van der Waals surface area contributed by atoms with Gasteiger partial charge < -0.3 is 5.11 Å². The molecule has 0 amide bonds. The molecule has 0 radical (unpaired) electrons. The van der Waals surface area contributed by atoms with Crippen molar-refractivity contribution in [1.82, 2.24) is 0 Å². The first-order chi connectivity index (χ1) is 26.0. The van der Waals surface area contributed by atoms with Gasteiger partial charge in [-0.05, 0) is 213 Å². The Kier molecular flexibility index (Phi) is 26.3. The molecule has 0 aromatic heterocycles. The van der Waals surface area contributed by atoms with E-state index in [9.17, 15) is 5.11 Å². The van der Waals surface area contributed by atoms with Crippen LogP contribution < -0.4 is 0 Å². The number of hydrogen-bond acceptors (Lipinski definition) is 1. The summed E-state index contributed by atoms with van der Waals surface area (Å²) >= 11 is 0. The molecule has 0 aliphatic carbocycles. The van der Waals surface area contributed by atoms with Crippen LogP contribution in [0, 0.1) is 11.3 Å². The Balaban J connectivity index is 7.22. The van der Waals surface area contributed by atoms with Gasteiger partial charge in [0.25, 0.3) is 0 Å². The lowest BCUT2D eigenvalue weighted by molar-refractivity contribution is 0.0796. The summed E-state index contributed by atoms with van der Waals surface area (Å²) in [7, 11) is 0. The summed E-state index contributed by atoms with van der Waals surface area (Å²) in [5, 5.41) is 12.9. The highest BCUT2D eigenvalue weighted by Gasteiger charge is 2.33. The van der Waals surface area contributed by atoms with Gasteiger partial charge in [0.2, 0.25) is 0 Å². The van der Waals surface area contributed by atoms with Crippen LogP contribution in [0.1, 0.15) is 202 Å². The van der Waals surface area contributed by atoms with Crippen LogP contribution in [0.15, 0.2) is 128 Å². The van der Waals surface area contributed by atoms with E-state index < -0.39 is 5.60 Å². The predicted molar refractivity (Wildman–Crippen MR) is 256 cm³/mol. The second-order valence-electron chi connectivity index (χ2n) is 19.0. The lowest BCUT2D eigenvalue weighted by Crippen LogP contribution is -2.32. The fraction of sp³-hybridized carbons (Fsp3) is 0.600. The van der Waals surface area contributed by atoms with Crippen LogP contribution in [0.2, 0.25) is 0 Å². The highest BCUT2D eigenvalue weighted by atomic mass is 16.3. The number of rotatable bonds is 25. The van der Waals surface area contributed by atoms with Crippen molar-refractivity contribution in [2.24, 2.45) is 11.3 Å². The summed E-state index contributed by atoms with van der Waals surface area (Å²) < 4.78 is 0. The maximum absolute atomic E-state index is 12.9. The Morgan fingerprint density at radius 2 is 0.768 bits per heavy atom. The average molecular weight is 767 g/mol. The molecule has 0 spiro atoms. The molecule has 0 saturated carbocycles. The first-order valence-corrected chi connectivity index (χ1v) is 21.9. The van der Waals surface area contributed by atoms with Gasteiger partial charge in [-0.25, -0.2) is 0 Å². The zero-order valence-corrected chi connectivity index (χ0v) is 40.3. The molecule has 0 aromatic rings. The summed E-state index contributed by atoms with van der Waals surface area (Å²) in [4.78, 5) is 0. The second-order valence-corrected chi connectivity index (χ2v) is 19.0. The van der Waals surface area contributed by atoms with Crippen molar-refractivity contribution in [3.63, 3.8) is 0 Å². The van der Waals surface area contributed by atoms with Crippen molar-refractivity contribution in [2.45, 2.75) is 207 Å². The Bertz CT molecular complexity index is 1440. The smallest absolute Gasteiger partial charge is 0.0931 e. The summed E-state index contributed by atoms with van der Waals surface area (Å²) in [6.45, 7) is 39.9. The molecule has 0 rings (SSSR count). The van der Waals surface area contributed by atoms with Gasteiger partial charge in [-0.2, -0.15) is 0 Å². The third-order valence-electron chi connectivity index (χ3n) is 10.9. The molecule has 1 heteroatoms. The van der Waals surface area contributed by atoms with Gasteiger partial charge in [0, 0.05) is 5.41 Å². The molecule has 0 aliphatic heterocycles. The minimum absolute atomic E-state index is 0.101. The van der Waals surface area contributed by atoms with Gasteiger partial charge in [0.1, 0.15) is 0 Å². The van der Waals surface area contributed by atoms with Crippen LogP contribution in [-0.2, 0) is 0 Å². The average Bonchev–Trinajstić information content (AvgIpc) is 3.08. The van der Waals surface area contributed by atoms with E-state index in [4.69, 9.17) is 0 Å². The maximum Gasteiger partial charge on any atom is 0.0931 e. The molecule has 0 heterocycles. The topological polar surface area (TPSA) is 20.2 Å². The number of allylic oxidation sites excluding steroid dienone is 19. The standard InChI is InChI=1S/C55H90O/c1-41(2)25-28-51(29-26-42(3)4)52(53(30-27-43(5)6)55(56,39-34-47(13)14)40-35-48(15)16)24-20-22-49(17)21-19-23-50(18)54(36-31-44(7)8,37-32-45(9)10)38-33-46(11)12/h22-23,25-27,31-35,51,56H,19-21,24,28-30,36-40H2,1-18H3. The molecule has 0 saturated heterocycles. The van der Waals surface area contributed by atoms with E-state index in [1.165, 1.54) is 66.9 Å². The summed E-state index contributed by atoms with van der Waals surface area (Å²) in [6, 6.07) is 0. The molecule has 0 fully saturated rings. The van der Waals surface area contributed by atoms with Crippen molar-refractivity contribution >= 4 is 0 Å². The maximum atomic E-state index is 12.9. The van der Waals surface area contributed by atoms with Gasteiger partial charge in [0.05, 0.1) is 5.60 Å². The summed E-state index contributed by atoms with van der Waals surface area (Å²) in [6.07, 6.45) is 35.3. The largest absolute Gasteiger partial charge is 0.385 e. The van der Waals surface area contributed by atoms with Crippen LogP contribution >= 0.6 is 0 Å². The van der Waals surface area contributed by atoms with E-state index in [1.807, 2.05) is 0 Å². The SMILES string of the molecule is CC(C)=CCC(=C(CCC=C(C)CCC=C(C)C(CC=C(C)C)(CC=C(C)C)CC=C(C)C)C(CC=C(C)C)CC=C(C)C)C(O)(CC=C(C)C)CC=C(C)C. The normalized spacial score (nSPS) is 12.6. The molecular formula is C55H90O. The molecule has 0 aromatic carbocycles. The van der Waals surface area contributed by atoms with Crippen molar-refractivity contribution in [1.29, 1.82) is 0 Å². The van der Waals surface area contributed by atoms with Gasteiger partial charge in [-0.1, -0.05) is 122 Å². The fourth-order valence-electron chi connectivity index (χ4n) is 6.98. The van der Waals surface area contributed by atoms with E-state index in [1.54, 1.807) is 0 Å². The first kappa shape index (κ1) is 53.1.